The standard InChI is InChI=1S/C25H26N4O6S/c1-30-19-7-3-17(4-8-19)15-32-22-13-21(24-28-29-25(35-24)36-12-11-34-26)27-14-23(22)33-16-18-5-9-20(31-2)10-6-18/h3-10,13-14H,11-12,15-16,26H2,1-2H3. The van der Waals surface area contributed by atoms with Crippen LogP contribution in [0.25, 0.3) is 11.6 Å². The summed E-state index contributed by atoms with van der Waals surface area (Å²) >= 11 is 1.34. The maximum atomic E-state index is 6.12. The quantitative estimate of drug-likeness (QED) is 0.157. The molecule has 0 aliphatic rings. The summed E-state index contributed by atoms with van der Waals surface area (Å²) in [7, 11) is 3.26. The number of benzene rings is 2. The van der Waals surface area contributed by atoms with E-state index in [0.29, 0.717) is 48.0 Å². The molecule has 0 aliphatic carbocycles. The summed E-state index contributed by atoms with van der Waals surface area (Å²) in [5.74, 6) is 8.43. The highest BCUT2D eigenvalue weighted by atomic mass is 32.2. The predicted molar refractivity (Wildman–Crippen MR) is 133 cm³/mol. The van der Waals surface area contributed by atoms with Crippen molar-refractivity contribution in [2.75, 3.05) is 26.6 Å². The Morgan fingerprint density at radius 1 is 0.833 bits per heavy atom. The molecular weight excluding hydrogens is 484 g/mol. The Morgan fingerprint density at radius 3 is 2.03 bits per heavy atom. The molecule has 0 bridgehead atoms. The molecule has 0 spiro atoms. The molecule has 4 rings (SSSR count). The maximum absolute atomic E-state index is 6.12. The van der Waals surface area contributed by atoms with Gasteiger partial charge in [-0.05, 0) is 35.4 Å². The number of thioether (sulfide) groups is 1. The zero-order chi connectivity index (χ0) is 25.2. The van der Waals surface area contributed by atoms with Crippen LogP contribution in [-0.2, 0) is 18.1 Å². The van der Waals surface area contributed by atoms with E-state index < -0.39 is 0 Å². The number of hydrogen-bond acceptors (Lipinski definition) is 11. The van der Waals surface area contributed by atoms with Gasteiger partial charge < -0.3 is 28.2 Å². The lowest BCUT2D eigenvalue weighted by Gasteiger charge is -2.14. The first-order valence-corrected chi connectivity index (χ1v) is 12.0. The van der Waals surface area contributed by atoms with Gasteiger partial charge >= 0.3 is 0 Å². The van der Waals surface area contributed by atoms with E-state index in [1.165, 1.54) is 11.8 Å². The van der Waals surface area contributed by atoms with Crippen molar-refractivity contribution in [2.24, 2.45) is 5.90 Å². The number of methoxy groups -OCH3 is 2. The van der Waals surface area contributed by atoms with E-state index >= 15 is 0 Å². The average molecular weight is 511 g/mol. The van der Waals surface area contributed by atoms with Gasteiger partial charge in [-0.25, -0.2) is 10.9 Å². The number of ether oxygens (including phenoxy) is 4. The molecule has 2 heterocycles. The van der Waals surface area contributed by atoms with Gasteiger partial charge in [0.25, 0.3) is 11.1 Å². The second-order valence-corrected chi connectivity index (χ2v) is 8.43. The minimum atomic E-state index is 0.266. The fourth-order valence-electron chi connectivity index (χ4n) is 3.08. The lowest BCUT2D eigenvalue weighted by Crippen LogP contribution is -2.02. The third-order valence-corrected chi connectivity index (χ3v) is 5.77. The SMILES string of the molecule is COc1ccc(COc2cnc(-c3nnc(SCCON)o3)cc2OCc2ccc(OC)cc2)cc1. The smallest absolute Gasteiger partial charge is 0.276 e. The van der Waals surface area contributed by atoms with E-state index in [1.807, 2.05) is 48.5 Å². The van der Waals surface area contributed by atoms with Crippen molar-refractivity contribution in [2.45, 2.75) is 18.4 Å². The summed E-state index contributed by atoms with van der Waals surface area (Å²) < 4.78 is 28.3. The third kappa shape index (κ3) is 6.87. The van der Waals surface area contributed by atoms with Gasteiger partial charge in [0, 0.05) is 11.8 Å². The lowest BCUT2D eigenvalue weighted by molar-refractivity contribution is 0.155. The van der Waals surface area contributed by atoms with Crippen LogP contribution in [0.3, 0.4) is 0 Å². The molecule has 0 atom stereocenters. The van der Waals surface area contributed by atoms with Crippen LogP contribution in [-0.4, -0.2) is 41.8 Å². The van der Waals surface area contributed by atoms with Gasteiger partial charge in [-0.15, -0.1) is 10.2 Å². The molecule has 0 radical (unpaired) electrons. The highest BCUT2D eigenvalue weighted by Gasteiger charge is 2.15. The lowest BCUT2D eigenvalue weighted by atomic mass is 10.2. The van der Waals surface area contributed by atoms with Crippen LogP contribution in [0.2, 0.25) is 0 Å². The van der Waals surface area contributed by atoms with Crippen LogP contribution >= 0.6 is 11.8 Å². The van der Waals surface area contributed by atoms with Gasteiger partial charge in [0.15, 0.2) is 11.5 Å². The molecule has 0 saturated heterocycles. The van der Waals surface area contributed by atoms with Crippen LogP contribution in [0.15, 0.2) is 70.4 Å². The van der Waals surface area contributed by atoms with Gasteiger partial charge in [-0.2, -0.15) is 0 Å². The third-order valence-electron chi connectivity index (χ3n) is 4.99. The highest BCUT2D eigenvalue weighted by molar-refractivity contribution is 7.99. The molecule has 2 aromatic heterocycles. The molecule has 188 valence electrons. The Labute approximate surface area is 212 Å². The fourth-order valence-corrected chi connectivity index (χ4v) is 3.67. The summed E-state index contributed by atoms with van der Waals surface area (Å²) in [6.45, 7) is 1.01. The number of nitrogens with two attached hydrogens (primary N) is 1. The van der Waals surface area contributed by atoms with E-state index in [-0.39, 0.29) is 5.89 Å². The van der Waals surface area contributed by atoms with Crippen molar-refractivity contribution in [1.29, 1.82) is 0 Å². The monoisotopic (exact) mass is 510 g/mol. The number of pyridine rings is 1. The summed E-state index contributed by atoms with van der Waals surface area (Å²) in [6, 6.07) is 17.0. The molecule has 0 amide bonds. The zero-order valence-corrected chi connectivity index (χ0v) is 20.7. The molecular formula is C25H26N4O6S. The van der Waals surface area contributed by atoms with Gasteiger partial charge in [-0.1, -0.05) is 36.0 Å². The first kappa shape index (κ1) is 25.3. The first-order chi connectivity index (χ1) is 17.7. The topological polar surface area (TPSA) is 124 Å². The summed E-state index contributed by atoms with van der Waals surface area (Å²) in [6.07, 6.45) is 1.58. The Balaban J connectivity index is 1.52. The van der Waals surface area contributed by atoms with E-state index in [9.17, 15) is 0 Å². The van der Waals surface area contributed by atoms with E-state index in [0.717, 1.165) is 22.6 Å². The van der Waals surface area contributed by atoms with Crippen molar-refractivity contribution >= 4 is 11.8 Å². The van der Waals surface area contributed by atoms with Crippen LogP contribution < -0.4 is 24.8 Å². The first-order valence-electron chi connectivity index (χ1n) is 11.0. The molecule has 11 heteroatoms. The van der Waals surface area contributed by atoms with Crippen LogP contribution in [0.1, 0.15) is 11.1 Å². The van der Waals surface area contributed by atoms with E-state index in [2.05, 4.69) is 20.0 Å². The number of rotatable bonds is 13. The molecule has 2 N–H and O–H groups in total. The summed E-state index contributed by atoms with van der Waals surface area (Å²) in [5, 5.41) is 8.51. The number of aromatic nitrogens is 3. The molecule has 36 heavy (non-hydrogen) atoms. The maximum Gasteiger partial charge on any atom is 0.276 e. The normalized spacial score (nSPS) is 10.8. The molecule has 0 unspecified atom stereocenters. The van der Waals surface area contributed by atoms with Crippen molar-refractivity contribution in [1.82, 2.24) is 15.2 Å². The Hall–Kier alpha value is -3.80. The minimum Gasteiger partial charge on any atom is -0.497 e. The van der Waals surface area contributed by atoms with Crippen molar-refractivity contribution in [3.8, 4) is 34.6 Å². The highest BCUT2D eigenvalue weighted by Crippen LogP contribution is 2.33. The Morgan fingerprint density at radius 2 is 1.44 bits per heavy atom. The Bertz CT molecular complexity index is 1230. The second-order valence-electron chi connectivity index (χ2n) is 7.38. The van der Waals surface area contributed by atoms with Gasteiger partial charge in [0.1, 0.15) is 30.4 Å². The fraction of sp³-hybridized carbons (Fsp3) is 0.240. The molecule has 0 fully saturated rings. The van der Waals surface area contributed by atoms with Crippen LogP contribution in [0.5, 0.6) is 23.0 Å². The van der Waals surface area contributed by atoms with Crippen molar-refractivity contribution in [3.63, 3.8) is 0 Å². The zero-order valence-electron chi connectivity index (χ0n) is 19.9. The second kappa shape index (κ2) is 12.8. The molecule has 10 nitrogen and oxygen atoms in total. The van der Waals surface area contributed by atoms with Crippen LogP contribution in [0.4, 0.5) is 0 Å². The molecule has 2 aromatic carbocycles. The molecule has 4 aromatic rings. The predicted octanol–water partition coefficient (Wildman–Crippen LogP) is 4.29. The Kier molecular flexibility index (Phi) is 8.98. The van der Waals surface area contributed by atoms with Crippen molar-refractivity contribution < 1.29 is 28.2 Å². The average Bonchev–Trinajstić information content (AvgIpc) is 3.40. The molecule has 0 aliphatic heterocycles. The van der Waals surface area contributed by atoms with Crippen LogP contribution in [0, 0.1) is 0 Å². The van der Waals surface area contributed by atoms with E-state index in [1.54, 1.807) is 26.5 Å². The molecule has 0 saturated carbocycles. The summed E-state index contributed by atoms with van der Waals surface area (Å²) in [4.78, 5) is 9.00. The minimum absolute atomic E-state index is 0.266. The van der Waals surface area contributed by atoms with Crippen molar-refractivity contribution in [3.05, 3.63) is 71.9 Å². The van der Waals surface area contributed by atoms with Gasteiger partial charge in [0.05, 0.1) is 27.0 Å². The largest absolute Gasteiger partial charge is 0.497 e. The summed E-state index contributed by atoms with van der Waals surface area (Å²) in [5.41, 5.74) is 2.40. The number of hydrogen-bond donors (Lipinski definition) is 1. The van der Waals surface area contributed by atoms with E-state index in [4.69, 9.17) is 29.3 Å². The van der Waals surface area contributed by atoms with Gasteiger partial charge in [0.2, 0.25) is 0 Å². The van der Waals surface area contributed by atoms with Gasteiger partial charge in [-0.3, -0.25) is 0 Å². The number of nitrogens with zero attached hydrogens (tertiary/aromatic N) is 3.